The van der Waals surface area contributed by atoms with Crippen molar-refractivity contribution in [3.05, 3.63) is 47.9 Å². The third kappa shape index (κ3) is 5.32. The summed E-state index contributed by atoms with van der Waals surface area (Å²) in [6.45, 7) is 6.74. The van der Waals surface area contributed by atoms with Crippen molar-refractivity contribution in [2.45, 2.75) is 32.7 Å². The Labute approximate surface area is 137 Å². The minimum Gasteiger partial charge on any atom is -0.364 e. The molecule has 0 aliphatic rings. The lowest BCUT2D eigenvalue weighted by molar-refractivity contribution is 0.0789. The number of nitrogens with one attached hydrogen (secondary N) is 1. The van der Waals surface area contributed by atoms with E-state index in [1.54, 1.807) is 36.5 Å². The van der Waals surface area contributed by atoms with Gasteiger partial charge in [-0.25, -0.2) is 0 Å². The molecular formula is C17H23N5O. The SMILES string of the molecule is CN(CCc1ccncc1)C(=O)c1ccc(NC(C)(C)C)nn1. The van der Waals surface area contributed by atoms with E-state index in [0.717, 1.165) is 12.0 Å². The largest absolute Gasteiger partial charge is 0.364 e. The molecule has 0 aliphatic carbocycles. The predicted molar refractivity (Wildman–Crippen MR) is 90.3 cm³/mol. The Kier molecular flexibility index (Phi) is 5.26. The van der Waals surface area contributed by atoms with Gasteiger partial charge >= 0.3 is 0 Å². The van der Waals surface area contributed by atoms with Crippen LogP contribution in [0.2, 0.25) is 0 Å². The summed E-state index contributed by atoms with van der Waals surface area (Å²) < 4.78 is 0. The van der Waals surface area contributed by atoms with Gasteiger partial charge < -0.3 is 10.2 Å². The number of hydrogen-bond donors (Lipinski definition) is 1. The molecule has 0 radical (unpaired) electrons. The number of anilines is 1. The highest BCUT2D eigenvalue weighted by Crippen LogP contribution is 2.11. The number of nitrogens with zero attached hydrogens (tertiary/aromatic N) is 4. The molecule has 0 spiro atoms. The molecule has 2 rings (SSSR count). The van der Waals surface area contributed by atoms with E-state index in [1.165, 1.54) is 0 Å². The third-order valence-corrected chi connectivity index (χ3v) is 3.22. The molecule has 2 heterocycles. The minimum atomic E-state index is -0.131. The fourth-order valence-corrected chi connectivity index (χ4v) is 2.04. The number of carbonyl (C=O) groups is 1. The molecule has 0 bridgehead atoms. The van der Waals surface area contributed by atoms with Crippen LogP contribution in [0.5, 0.6) is 0 Å². The Hall–Kier alpha value is -2.50. The molecule has 1 amide bonds. The second kappa shape index (κ2) is 7.17. The molecule has 0 saturated heterocycles. The van der Waals surface area contributed by atoms with Gasteiger partial charge in [0.05, 0.1) is 0 Å². The van der Waals surface area contributed by atoms with Crippen LogP contribution in [0.25, 0.3) is 0 Å². The molecule has 0 aliphatic heterocycles. The zero-order valence-electron chi connectivity index (χ0n) is 14.1. The Morgan fingerprint density at radius 1 is 1.13 bits per heavy atom. The third-order valence-electron chi connectivity index (χ3n) is 3.22. The topological polar surface area (TPSA) is 71.0 Å². The molecule has 0 saturated carbocycles. The summed E-state index contributed by atoms with van der Waals surface area (Å²) in [5, 5.41) is 11.3. The molecule has 2 aromatic rings. The quantitative estimate of drug-likeness (QED) is 0.918. The molecule has 2 aromatic heterocycles. The molecule has 0 fully saturated rings. The number of hydrogen-bond acceptors (Lipinski definition) is 5. The standard InChI is InChI=1S/C17H23N5O/c1-17(2,3)19-15-6-5-14(20-21-15)16(23)22(4)12-9-13-7-10-18-11-8-13/h5-8,10-11H,9,12H2,1-4H3,(H,19,21). The maximum atomic E-state index is 12.4. The molecule has 23 heavy (non-hydrogen) atoms. The highest BCUT2D eigenvalue weighted by molar-refractivity contribution is 5.92. The van der Waals surface area contributed by atoms with E-state index < -0.39 is 0 Å². The van der Waals surface area contributed by atoms with Crippen LogP contribution >= 0.6 is 0 Å². The zero-order chi connectivity index (χ0) is 16.9. The van der Waals surface area contributed by atoms with E-state index >= 15 is 0 Å². The van der Waals surface area contributed by atoms with Crippen LogP contribution in [-0.2, 0) is 6.42 Å². The van der Waals surface area contributed by atoms with Crippen molar-refractivity contribution in [3.63, 3.8) is 0 Å². The average Bonchev–Trinajstić information content (AvgIpc) is 2.52. The van der Waals surface area contributed by atoms with E-state index in [0.29, 0.717) is 18.1 Å². The van der Waals surface area contributed by atoms with Gasteiger partial charge in [-0.05, 0) is 57.0 Å². The molecular weight excluding hydrogens is 290 g/mol. The number of amides is 1. The van der Waals surface area contributed by atoms with Crippen molar-refractivity contribution < 1.29 is 4.79 Å². The second-order valence-corrected chi connectivity index (χ2v) is 6.51. The van der Waals surface area contributed by atoms with Gasteiger partial charge in [0.15, 0.2) is 5.69 Å². The van der Waals surface area contributed by atoms with Gasteiger partial charge in [0.25, 0.3) is 5.91 Å². The summed E-state index contributed by atoms with van der Waals surface area (Å²) in [7, 11) is 1.77. The Morgan fingerprint density at radius 2 is 1.83 bits per heavy atom. The van der Waals surface area contributed by atoms with Crippen molar-refractivity contribution in [2.75, 3.05) is 18.9 Å². The lowest BCUT2D eigenvalue weighted by Gasteiger charge is -2.21. The summed E-state index contributed by atoms with van der Waals surface area (Å²) in [6.07, 6.45) is 4.29. The van der Waals surface area contributed by atoms with Crippen LogP contribution in [0.15, 0.2) is 36.7 Å². The zero-order valence-corrected chi connectivity index (χ0v) is 14.1. The maximum Gasteiger partial charge on any atom is 0.274 e. The highest BCUT2D eigenvalue weighted by Gasteiger charge is 2.15. The first-order valence-electron chi connectivity index (χ1n) is 7.61. The van der Waals surface area contributed by atoms with Gasteiger partial charge in [0.2, 0.25) is 0 Å². The van der Waals surface area contributed by atoms with Gasteiger partial charge in [-0.3, -0.25) is 9.78 Å². The van der Waals surface area contributed by atoms with Crippen LogP contribution in [-0.4, -0.2) is 45.1 Å². The van der Waals surface area contributed by atoms with Crippen molar-refractivity contribution in [3.8, 4) is 0 Å². The predicted octanol–water partition coefficient (Wildman–Crippen LogP) is 2.40. The minimum absolute atomic E-state index is 0.0957. The summed E-state index contributed by atoms with van der Waals surface area (Å²) in [4.78, 5) is 18.0. The van der Waals surface area contributed by atoms with Crippen LogP contribution < -0.4 is 5.32 Å². The van der Waals surface area contributed by atoms with Gasteiger partial charge in [0, 0.05) is 31.5 Å². The molecule has 6 nitrogen and oxygen atoms in total. The van der Waals surface area contributed by atoms with Gasteiger partial charge in [-0.2, -0.15) is 0 Å². The summed E-state index contributed by atoms with van der Waals surface area (Å²) in [6, 6.07) is 7.38. The fourth-order valence-electron chi connectivity index (χ4n) is 2.04. The first kappa shape index (κ1) is 16.9. The molecule has 0 atom stereocenters. The van der Waals surface area contributed by atoms with Gasteiger partial charge in [0.1, 0.15) is 5.82 Å². The van der Waals surface area contributed by atoms with E-state index in [9.17, 15) is 4.79 Å². The van der Waals surface area contributed by atoms with Crippen LogP contribution in [0.4, 0.5) is 5.82 Å². The van der Waals surface area contributed by atoms with Gasteiger partial charge in [-0.15, -0.1) is 10.2 Å². The van der Waals surface area contributed by atoms with Crippen molar-refractivity contribution in [2.24, 2.45) is 0 Å². The summed E-state index contributed by atoms with van der Waals surface area (Å²) in [5.41, 5.74) is 1.40. The molecule has 122 valence electrons. The average molecular weight is 313 g/mol. The number of aromatic nitrogens is 3. The Balaban J connectivity index is 1.94. The van der Waals surface area contributed by atoms with Crippen LogP contribution in [0.1, 0.15) is 36.8 Å². The van der Waals surface area contributed by atoms with E-state index in [4.69, 9.17) is 0 Å². The number of pyridine rings is 1. The second-order valence-electron chi connectivity index (χ2n) is 6.51. The van der Waals surface area contributed by atoms with Crippen LogP contribution in [0.3, 0.4) is 0 Å². The van der Waals surface area contributed by atoms with E-state index in [-0.39, 0.29) is 11.4 Å². The van der Waals surface area contributed by atoms with E-state index in [2.05, 4.69) is 20.5 Å². The molecule has 6 heteroatoms. The maximum absolute atomic E-state index is 12.4. The van der Waals surface area contributed by atoms with E-state index in [1.807, 2.05) is 32.9 Å². The lowest BCUT2D eigenvalue weighted by atomic mass is 10.1. The molecule has 1 N–H and O–H groups in total. The first-order chi connectivity index (χ1) is 10.8. The fraction of sp³-hybridized carbons (Fsp3) is 0.412. The van der Waals surface area contributed by atoms with Crippen LogP contribution in [0, 0.1) is 0 Å². The molecule has 0 unspecified atom stereocenters. The number of carbonyl (C=O) groups excluding carboxylic acids is 1. The Bertz CT molecular complexity index is 634. The lowest BCUT2D eigenvalue weighted by Crippen LogP contribution is -2.30. The summed E-state index contributed by atoms with van der Waals surface area (Å²) >= 11 is 0. The van der Waals surface area contributed by atoms with Crippen molar-refractivity contribution in [1.29, 1.82) is 0 Å². The van der Waals surface area contributed by atoms with Crippen molar-refractivity contribution in [1.82, 2.24) is 20.1 Å². The normalized spacial score (nSPS) is 11.1. The first-order valence-corrected chi connectivity index (χ1v) is 7.61. The highest BCUT2D eigenvalue weighted by atomic mass is 16.2. The summed E-state index contributed by atoms with van der Waals surface area (Å²) in [5.74, 6) is 0.530. The smallest absolute Gasteiger partial charge is 0.274 e. The number of likely N-dealkylation sites (N-methyl/N-ethyl adjacent to an activating group) is 1. The Morgan fingerprint density at radius 3 is 2.39 bits per heavy atom. The van der Waals surface area contributed by atoms with Crippen molar-refractivity contribution >= 4 is 11.7 Å². The molecule has 0 aromatic carbocycles. The number of rotatable bonds is 5. The monoisotopic (exact) mass is 313 g/mol. The van der Waals surface area contributed by atoms with Gasteiger partial charge in [-0.1, -0.05) is 0 Å².